The number of hydrogen-bond donors (Lipinski definition) is 2. The van der Waals surface area contributed by atoms with Crippen LogP contribution in [0.5, 0.6) is 0 Å². The Hall–Kier alpha value is -2.88. The van der Waals surface area contributed by atoms with Gasteiger partial charge in [-0.2, -0.15) is 0 Å². The van der Waals surface area contributed by atoms with Crippen LogP contribution < -0.4 is 19.6 Å². The van der Waals surface area contributed by atoms with Gasteiger partial charge in [-0.3, -0.25) is 19.7 Å². The molecule has 31 heavy (non-hydrogen) atoms. The number of benzene rings is 2. The molecule has 4 rings (SSSR count). The van der Waals surface area contributed by atoms with Gasteiger partial charge in [0.15, 0.2) is 14.3 Å². The number of carbonyl (C=O) groups is 1. The van der Waals surface area contributed by atoms with Crippen LogP contribution in [0.3, 0.4) is 0 Å². The zero-order valence-electron chi connectivity index (χ0n) is 16.8. The number of nitrogens with one attached hydrogen (secondary N) is 1. The van der Waals surface area contributed by atoms with E-state index < -0.39 is 0 Å². The van der Waals surface area contributed by atoms with Crippen LogP contribution in [-0.2, 0) is 9.53 Å². The maximum absolute atomic E-state index is 13.4. The molecule has 1 saturated heterocycles. The summed E-state index contributed by atoms with van der Waals surface area (Å²) < 4.78 is 8.06. The number of aliphatic hydroxyl groups excluding tert-OH is 1. The van der Waals surface area contributed by atoms with Gasteiger partial charge in [-0.1, -0.05) is 59.9 Å². The Morgan fingerprint density at radius 2 is 1.81 bits per heavy atom. The number of aliphatic hydroxyl groups is 1. The fraction of sp³-hybridized carbons (Fsp3) is 0.136. The van der Waals surface area contributed by atoms with Crippen molar-refractivity contribution in [3.05, 3.63) is 74.8 Å². The summed E-state index contributed by atoms with van der Waals surface area (Å²) >= 11 is 7.84. The lowest BCUT2D eigenvalue weighted by molar-refractivity contribution is -0.112. The van der Waals surface area contributed by atoms with Crippen LogP contribution in [-0.4, -0.2) is 26.5 Å². The summed E-state index contributed by atoms with van der Waals surface area (Å²) in [6.07, 6.45) is 0. The number of anilines is 1. The molecule has 9 heteroatoms. The lowest BCUT2D eigenvalue weighted by Crippen LogP contribution is -2.33. The molecule has 158 valence electrons. The molecule has 0 aliphatic carbocycles. The summed E-state index contributed by atoms with van der Waals surface area (Å²) in [5.74, 6) is -0.588. The molecule has 2 heterocycles. The molecule has 0 spiro atoms. The summed E-state index contributed by atoms with van der Waals surface area (Å²) in [4.78, 5) is 15.3. The van der Waals surface area contributed by atoms with Gasteiger partial charge in [-0.15, -0.1) is 11.3 Å². The SMILES string of the molecule is CCO/C(O)=c1/s/c(=C2\SC(=S)N(c3ccc(C)cc3)C2=O)n(-c2ccccc2)c1=N. The van der Waals surface area contributed by atoms with Crippen molar-refractivity contribution < 1.29 is 14.6 Å². The number of aryl methyl sites for hydroxylation is 1. The lowest BCUT2D eigenvalue weighted by Gasteiger charge is -2.14. The van der Waals surface area contributed by atoms with Crippen molar-refractivity contribution in [2.24, 2.45) is 0 Å². The molecule has 0 bridgehead atoms. The normalized spacial score (nSPS) is 16.6. The monoisotopic (exact) mass is 469 g/mol. The number of thiocarbonyl (C=S) groups is 1. The van der Waals surface area contributed by atoms with E-state index in [0.29, 0.717) is 25.3 Å². The minimum atomic E-state index is -0.331. The van der Waals surface area contributed by atoms with Gasteiger partial charge in [0.1, 0.15) is 9.57 Å². The van der Waals surface area contributed by atoms with Gasteiger partial charge in [0.05, 0.1) is 12.3 Å². The van der Waals surface area contributed by atoms with Gasteiger partial charge < -0.3 is 9.84 Å². The first-order valence-electron chi connectivity index (χ1n) is 9.47. The average Bonchev–Trinajstić information content (AvgIpc) is 3.25. The van der Waals surface area contributed by atoms with Crippen molar-refractivity contribution in [3.8, 4) is 5.69 Å². The third-order valence-electron chi connectivity index (χ3n) is 4.59. The largest absolute Gasteiger partial charge is 0.480 e. The molecule has 0 atom stereocenters. The van der Waals surface area contributed by atoms with Crippen molar-refractivity contribution in [1.29, 1.82) is 5.41 Å². The topological polar surface area (TPSA) is 78.6 Å². The van der Waals surface area contributed by atoms with Crippen LogP contribution in [0.25, 0.3) is 16.5 Å². The third kappa shape index (κ3) is 3.91. The van der Waals surface area contributed by atoms with E-state index in [0.717, 1.165) is 16.9 Å². The Kier molecular flexibility index (Phi) is 5.99. The Bertz CT molecular complexity index is 1340. The smallest absolute Gasteiger partial charge is 0.298 e. The van der Waals surface area contributed by atoms with E-state index in [1.807, 2.05) is 61.5 Å². The van der Waals surface area contributed by atoms with E-state index in [2.05, 4.69) is 0 Å². The number of para-hydroxylation sites is 1. The molecule has 1 aromatic heterocycles. The quantitative estimate of drug-likeness (QED) is 0.574. The van der Waals surface area contributed by atoms with E-state index in [4.69, 9.17) is 22.4 Å². The van der Waals surface area contributed by atoms with Gasteiger partial charge in [0.25, 0.3) is 11.9 Å². The number of aromatic nitrogens is 1. The van der Waals surface area contributed by atoms with E-state index in [9.17, 15) is 9.90 Å². The first kappa shape index (κ1) is 21.4. The highest BCUT2D eigenvalue weighted by Gasteiger charge is 2.35. The zero-order chi connectivity index (χ0) is 22.1. The Morgan fingerprint density at radius 1 is 1.13 bits per heavy atom. The Morgan fingerprint density at radius 3 is 2.45 bits per heavy atom. The standard InChI is InChI=1S/C22H19N3O3S3/c1-3-28-21(27)16-18(23)24(14-7-5-4-6-8-14)20(30-16)17-19(26)25(22(29)31-17)15-11-9-13(2)10-12-15/h4-12,23,27H,3H2,1-2H3/b20-17-,21-16+,23-18?. The molecule has 3 aromatic rings. The van der Waals surface area contributed by atoms with Gasteiger partial charge >= 0.3 is 0 Å². The summed E-state index contributed by atoms with van der Waals surface area (Å²) in [6, 6.07) is 16.8. The highest BCUT2D eigenvalue weighted by Crippen LogP contribution is 2.35. The first-order chi connectivity index (χ1) is 14.9. The van der Waals surface area contributed by atoms with Crippen LogP contribution in [0, 0.1) is 12.3 Å². The fourth-order valence-electron chi connectivity index (χ4n) is 3.12. The number of amides is 1. The molecule has 1 aliphatic rings. The van der Waals surface area contributed by atoms with Crippen molar-refractivity contribution in [3.63, 3.8) is 0 Å². The number of thioether (sulfide) groups is 1. The molecule has 0 unspecified atom stereocenters. The predicted molar refractivity (Wildman–Crippen MR) is 129 cm³/mol. The van der Waals surface area contributed by atoms with Gasteiger partial charge in [0, 0.05) is 5.69 Å². The van der Waals surface area contributed by atoms with Crippen molar-refractivity contribution in [2.45, 2.75) is 13.8 Å². The number of thiazole rings is 1. The lowest BCUT2D eigenvalue weighted by atomic mass is 10.2. The van der Waals surface area contributed by atoms with Crippen molar-refractivity contribution >= 4 is 62.1 Å². The number of carbonyl (C=O) groups excluding carboxylic acids is 1. The van der Waals surface area contributed by atoms with E-state index in [1.165, 1.54) is 16.7 Å². The second-order valence-electron chi connectivity index (χ2n) is 6.67. The van der Waals surface area contributed by atoms with Gasteiger partial charge in [-0.25, -0.2) is 0 Å². The maximum Gasteiger partial charge on any atom is 0.298 e. The minimum absolute atomic E-state index is 0.0396. The van der Waals surface area contributed by atoms with E-state index in [1.54, 1.807) is 11.5 Å². The second-order valence-corrected chi connectivity index (χ2v) is 9.31. The fourth-order valence-corrected chi connectivity index (χ4v) is 5.62. The summed E-state index contributed by atoms with van der Waals surface area (Å²) in [7, 11) is 0. The first-order valence-corrected chi connectivity index (χ1v) is 11.5. The van der Waals surface area contributed by atoms with Crippen LogP contribution in [0.2, 0.25) is 0 Å². The van der Waals surface area contributed by atoms with Crippen molar-refractivity contribution in [1.82, 2.24) is 4.57 Å². The van der Waals surface area contributed by atoms with E-state index >= 15 is 0 Å². The number of nitrogens with zero attached hydrogens (tertiary/aromatic N) is 2. The molecule has 6 nitrogen and oxygen atoms in total. The molecule has 1 fully saturated rings. The highest BCUT2D eigenvalue weighted by atomic mass is 32.2. The molecule has 2 N–H and O–H groups in total. The van der Waals surface area contributed by atoms with Crippen LogP contribution in [0.1, 0.15) is 12.5 Å². The van der Waals surface area contributed by atoms with Crippen molar-refractivity contribution in [2.75, 3.05) is 11.5 Å². The number of ether oxygens (including phenoxy) is 1. The summed E-state index contributed by atoms with van der Waals surface area (Å²) in [5.41, 5.74) is 2.53. The maximum atomic E-state index is 13.4. The molecule has 1 aliphatic heterocycles. The Balaban J connectivity index is 1.99. The second kappa shape index (κ2) is 8.70. The van der Waals surface area contributed by atoms with Gasteiger partial charge in [-0.05, 0) is 38.1 Å². The third-order valence-corrected chi connectivity index (χ3v) is 7.23. The van der Waals surface area contributed by atoms with Gasteiger partial charge in [0.2, 0.25) is 0 Å². The summed E-state index contributed by atoms with van der Waals surface area (Å²) in [5, 5.41) is 19.0. The molecule has 1 amide bonds. The number of hydrogen-bond acceptors (Lipinski definition) is 7. The molecular weight excluding hydrogens is 450 g/mol. The van der Waals surface area contributed by atoms with Crippen LogP contribution in [0.15, 0.2) is 54.6 Å². The summed E-state index contributed by atoms with van der Waals surface area (Å²) in [6.45, 7) is 4.00. The molecular formula is C22H19N3O3S3. The molecule has 2 aromatic carbocycles. The van der Waals surface area contributed by atoms with E-state index in [-0.39, 0.29) is 28.5 Å². The minimum Gasteiger partial charge on any atom is -0.480 e. The average molecular weight is 470 g/mol. The predicted octanol–water partition coefficient (Wildman–Crippen LogP) is 3.16. The Labute approximate surface area is 192 Å². The molecule has 0 saturated carbocycles. The number of rotatable bonds is 4. The van der Waals surface area contributed by atoms with Crippen LogP contribution in [0.4, 0.5) is 5.69 Å². The van der Waals surface area contributed by atoms with Crippen LogP contribution >= 0.6 is 35.3 Å². The highest BCUT2D eigenvalue weighted by molar-refractivity contribution is 8.31. The zero-order valence-corrected chi connectivity index (χ0v) is 19.2. The molecule has 0 radical (unpaired) electrons.